The van der Waals surface area contributed by atoms with Crippen molar-refractivity contribution in [2.75, 3.05) is 13.2 Å². The molecule has 3 atom stereocenters. The van der Waals surface area contributed by atoms with E-state index in [2.05, 4.69) is 29.4 Å². The van der Waals surface area contributed by atoms with Crippen LogP contribution in [-0.4, -0.2) is 22.6 Å². The number of benzene rings is 1. The number of pyridine rings is 1. The molecule has 132 valence electrons. The van der Waals surface area contributed by atoms with Gasteiger partial charge in [-0.05, 0) is 50.3 Å². The van der Waals surface area contributed by atoms with Crippen molar-refractivity contribution in [3.63, 3.8) is 0 Å². The molecule has 1 aromatic heterocycles. The summed E-state index contributed by atoms with van der Waals surface area (Å²) in [5.41, 5.74) is 3.81. The lowest BCUT2D eigenvalue weighted by Crippen LogP contribution is -2.48. The van der Waals surface area contributed by atoms with Gasteiger partial charge in [0.2, 0.25) is 0 Å². The standard InChI is InChI=1S/C21H26N2O2/c1-3-21-10-7-11-22-13-15-18(20(21)22)23(17(12-21)25-4-2)16-9-6-5-8-14(16)19(15)24/h5-6,8-9,17,20H,3-4,7,10-13H2,1-2H3/t17-,20+,21-/m0/s1. The minimum atomic E-state index is 0.0403. The van der Waals surface area contributed by atoms with Crippen LogP contribution in [-0.2, 0) is 11.3 Å². The first kappa shape index (κ1) is 15.6. The third kappa shape index (κ3) is 1.92. The first-order valence-electron chi connectivity index (χ1n) is 9.72. The fourth-order valence-electron chi connectivity index (χ4n) is 5.81. The Morgan fingerprint density at radius 3 is 2.92 bits per heavy atom. The molecule has 4 heterocycles. The molecule has 4 nitrogen and oxygen atoms in total. The summed E-state index contributed by atoms with van der Waals surface area (Å²) in [6.07, 6.45) is 4.72. The summed E-state index contributed by atoms with van der Waals surface area (Å²) >= 11 is 0. The van der Waals surface area contributed by atoms with E-state index in [1.165, 1.54) is 18.5 Å². The fraction of sp³-hybridized carbons (Fsp3) is 0.571. The normalized spacial score (nSPS) is 30.6. The number of piperidine rings is 1. The van der Waals surface area contributed by atoms with Crippen LogP contribution in [0.3, 0.4) is 0 Å². The van der Waals surface area contributed by atoms with Gasteiger partial charge in [0.05, 0.1) is 11.6 Å². The van der Waals surface area contributed by atoms with E-state index < -0.39 is 0 Å². The highest BCUT2D eigenvalue weighted by Crippen LogP contribution is 2.59. The Morgan fingerprint density at radius 2 is 2.12 bits per heavy atom. The van der Waals surface area contributed by atoms with Crippen LogP contribution >= 0.6 is 0 Å². The molecule has 0 saturated carbocycles. The van der Waals surface area contributed by atoms with Crippen LogP contribution in [0.2, 0.25) is 0 Å². The van der Waals surface area contributed by atoms with Crippen molar-refractivity contribution >= 4 is 10.9 Å². The number of fused-ring (bicyclic) bond motifs is 2. The quantitative estimate of drug-likeness (QED) is 0.849. The molecule has 1 saturated heterocycles. The SMILES string of the molecule is CCO[C@H]1C[C@]2(CC)CCCN3Cc4c(n1c1ccccc1c4=O)[C@@H]32. The van der Waals surface area contributed by atoms with E-state index in [0.717, 1.165) is 42.4 Å². The number of para-hydroxylation sites is 1. The van der Waals surface area contributed by atoms with E-state index >= 15 is 0 Å². The summed E-state index contributed by atoms with van der Waals surface area (Å²) in [7, 11) is 0. The topological polar surface area (TPSA) is 34.5 Å². The van der Waals surface area contributed by atoms with Crippen LogP contribution in [0, 0.1) is 5.41 Å². The van der Waals surface area contributed by atoms with Crippen molar-refractivity contribution in [2.45, 2.75) is 58.3 Å². The largest absolute Gasteiger partial charge is 0.358 e. The van der Waals surface area contributed by atoms with Crippen molar-refractivity contribution in [3.05, 3.63) is 45.7 Å². The third-order valence-corrected chi connectivity index (χ3v) is 6.87. The zero-order chi connectivity index (χ0) is 17.2. The van der Waals surface area contributed by atoms with Crippen molar-refractivity contribution < 1.29 is 4.74 Å². The van der Waals surface area contributed by atoms with E-state index in [-0.39, 0.29) is 17.1 Å². The van der Waals surface area contributed by atoms with E-state index in [1.807, 2.05) is 18.2 Å². The van der Waals surface area contributed by atoms with Gasteiger partial charge in [0, 0.05) is 36.2 Å². The lowest BCUT2D eigenvalue weighted by molar-refractivity contribution is -0.0933. The van der Waals surface area contributed by atoms with Crippen molar-refractivity contribution in [1.29, 1.82) is 0 Å². The second-order valence-corrected chi connectivity index (χ2v) is 7.89. The maximum absolute atomic E-state index is 13.2. The van der Waals surface area contributed by atoms with Crippen LogP contribution in [0.15, 0.2) is 29.1 Å². The summed E-state index contributed by atoms with van der Waals surface area (Å²) in [5.74, 6) is 0. The van der Waals surface area contributed by atoms with Crippen LogP contribution in [0.1, 0.15) is 63.1 Å². The van der Waals surface area contributed by atoms with Gasteiger partial charge in [-0.15, -0.1) is 0 Å². The second kappa shape index (κ2) is 5.42. The molecule has 2 aromatic rings. The zero-order valence-corrected chi connectivity index (χ0v) is 15.1. The minimum absolute atomic E-state index is 0.0403. The summed E-state index contributed by atoms with van der Waals surface area (Å²) in [6, 6.07) is 8.46. The Balaban J connectivity index is 1.87. The average molecular weight is 338 g/mol. The lowest BCUT2D eigenvalue weighted by Gasteiger charge is -2.52. The molecule has 0 radical (unpaired) electrons. The van der Waals surface area contributed by atoms with Gasteiger partial charge in [-0.2, -0.15) is 0 Å². The van der Waals surface area contributed by atoms with E-state index in [9.17, 15) is 4.79 Å². The molecular weight excluding hydrogens is 312 g/mol. The molecular formula is C21H26N2O2. The number of nitrogens with zero attached hydrogens (tertiary/aromatic N) is 2. The van der Waals surface area contributed by atoms with Crippen molar-refractivity contribution in [1.82, 2.24) is 9.47 Å². The maximum atomic E-state index is 13.2. The van der Waals surface area contributed by atoms with Gasteiger partial charge in [0.1, 0.15) is 6.23 Å². The predicted octanol–water partition coefficient (Wildman–Crippen LogP) is 3.99. The highest BCUT2D eigenvalue weighted by molar-refractivity contribution is 5.81. The number of hydrogen-bond donors (Lipinski definition) is 0. The summed E-state index contributed by atoms with van der Waals surface area (Å²) < 4.78 is 8.62. The highest BCUT2D eigenvalue weighted by Gasteiger charge is 2.54. The average Bonchev–Trinajstić information content (AvgIpc) is 3.03. The summed E-state index contributed by atoms with van der Waals surface area (Å²) in [4.78, 5) is 15.8. The third-order valence-electron chi connectivity index (χ3n) is 6.87. The first-order chi connectivity index (χ1) is 12.2. The van der Waals surface area contributed by atoms with Gasteiger partial charge < -0.3 is 9.30 Å². The van der Waals surface area contributed by atoms with Gasteiger partial charge >= 0.3 is 0 Å². The molecule has 1 fully saturated rings. The minimum Gasteiger partial charge on any atom is -0.358 e. The first-order valence-corrected chi connectivity index (χ1v) is 9.72. The molecule has 1 aromatic carbocycles. The van der Waals surface area contributed by atoms with Crippen LogP contribution in [0.4, 0.5) is 0 Å². The second-order valence-electron chi connectivity index (χ2n) is 7.89. The van der Waals surface area contributed by atoms with Crippen LogP contribution in [0.25, 0.3) is 10.9 Å². The number of aromatic nitrogens is 1. The van der Waals surface area contributed by atoms with Gasteiger partial charge in [0.15, 0.2) is 5.43 Å². The molecule has 5 rings (SSSR count). The summed E-state index contributed by atoms with van der Waals surface area (Å²) in [6.45, 7) is 7.01. The zero-order valence-electron chi connectivity index (χ0n) is 15.1. The number of hydrogen-bond acceptors (Lipinski definition) is 3. The molecule has 25 heavy (non-hydrogen) atoms. The molecule has 0 N–H and O–H groups in total. The fourth-order valence-corrected chi connectivity index (χ4v) is 5.81. The molecule has 3 aliphatic rings. The van der Waals surface area contributed by atoms with Crippen LogP contribution < -0.4 is 5.43 Å². The van der Waals surface area contributed by atoms with Gasteiger partial charge in [-0.3, -0.25) is 9.69 Å². The van der Waals surface area contributed by atoms with Gasteiger partial charge in [-0.25, -0.2) is 0 Å². The van der Waals surface area contributed by atoms with Crippen molar-refractivity contribution in [2.24, 2.45) is 5.41 Å². The Bertz CT molecular complexity index is 903. The molecule has 0 amide bonds. The van der Waals surface area contributed by atoms with Crippen LogP contribution in [0.5, 0.6) is 0 Å². The Kier molecular flexibility index (Phi) is 3.38. The Hall–Kier alpha value is -1.65. The Morgan fingerprint density at radius 1 is 1.28 bits per heavy atom. The molecule has 0 spiro atoms. The molecule has 0 bridgehead atoms. The maximum Gasteiger partial charge on any atom is 0.194 e. The highest BCUT2D eigenvalue weighted by atomic mass is 16.5. The van der Waals surface area contributed by atoms with Crippen molar-refractivity contribution in [3.8, 4) is 0 Å². The number of ether oxygens (including phenoxy) is 1. The molecule has 0 unspecified atom stereocenters. The van der Waals surface area contributed by atoms with E-state index in [1.54, 1.807) is 0 Å². The van der Waals surface area contributed by atoms with E-state index in [0.29, 0.717) is 12.6 Å². The van der Waals surface area contributed by atoms with Gasteiger partial charge in [-0.1, -0.05) is 19.1 Å². The molecule has 4 heteroatoms. The van der Waals surface area contributed by atoms with E-state index in [4.69, 9.17) is 4.74 Å². The smallest absolute Gasteiger partial charge is 0.194 e. The number of rotatable bonds is 3. The molecule has 3 aliphatic heterocycles. The molecule has 0 aliphatic carbocycles. The monoisotopic (exact) mass is 338 g/mol. The lowest BCUT2D eigenvalue weighted by atomic mass is 9.66. The predicted molar refractivity (Wildman–Crippen MR) is 98.6 cm³/mol. The summed E-state index contributed by atoms with van der Waals surface area (Å²) in [5, 5.41) is 0.842. The van der Waals surface area contributed by atoms with Gasteiger partial charge in [0.25, 0.3) is 0 Å². The Labute approximate surface area is 148 Å².